The summed E-state index contributed by atoms with van der Waals surface area (Å²) in [7, 11) is 0. The summed E-state index contributed by atoms with van der Waals surface area (Å²) in [5.74, 6) is 2.67. The average molecular weight is 417 g/mol. The standard InChI is InChI=1S/C27H44O3/c1-17(2)7-6-12-27(5,30)24-23(29)16-22-20-9-8-18-15-19(28)10-13-25(18,3)21(20)11-14-26(22,24)4/h15,17,20-24,29-30H,6-14,16H2,1-5H3/t20-,21-,22+,23+,24+,25+,26+,27+/m1/s1. The van der Waals surface area contributed by atoms with Crippen molar-refractivity contribution in [1.82, 2.24) is 0 Å². The molecule has 3 nitrogen and oxygen atoms in total. The molecule has 4 rings (SSSR count). The zero-order valence-corrected chi connectivity index (χ0v) is 19.9. The monoisotopic (exact) mass is 416 g/mol. The second-order valence-electron chi connectivity index (χ2n) is 12.4. The first-order chi connectivity index (χ1) is 14.0. The number of hydrogen-bond donors (Lipinski definition) is 2. The van der Waals surface area contributed by atoms with E-state index in [9.17, 15) is 15.0 Å². The Morgan fingerprint density at radius 1 is 1.17 bits per heavy atom. The second kappa shape index (κ2) is 7.73. The number of aliphatic hydroxyl groups excluding tert-OH is 1. The van der Waals surface area contributed by atoms with Crippen LogP contribution >= 0.6 is 0 Å². The molecule has 0 aliphatic heterocycles. The molecule has 3 heteroatoms. The molecule has 0 radical (unpaired) electrons. The van der Waals surface area contributed by atoms with Gasteiger partial charge in [0.2, 0.25) is 0 Å². The van der Waals surface area contributed by atoms with Crippen molar-refractivity contribution in [2.24, 2.45) is 40.4 Å². The van der Waals surface area contributed by atoms with Crippen molar-refractivity contribution in [2.45, 2.75) is 111 Å². The maximum absolute atomic E-state index is 12.0. The predicted molar refractivity (Wildman–Crippen MR) is 121 cm³/mol. The van der Waals surface area contributed by atoms with Crippen LogP contribution in [0.4, 0.5) is 0 Å². The fourth-order valence-electron chi connectivity index (χ4n) is 8.72. The van der Waals surface area contributed by atoms with Gasteiger partial charge in [0.15, 0.2) is 5.78 Å². The molecule has 4 aliphatic carbocycles. The number of aliphatic hydroxyl groups is 2. The van der Waals surface area contributed by atoms with Crippen molar-refractivity contribution < 1.29 is 15.0 Å². The van der Waals surface area contributed by atoms with Crippen LogP contribution in [0.2, 0.25) is 0 Å². The lowest BCUT2D eigenvalue weighted by molar-refractivity contribution is -0.128. The van der Waals surface area contributed by atoms with Crippen molar-refractivity contribution in [3.8, 4) is 0 Å². The summed E-state index contributed by atoms with van der Waals surface area (Å²) >= 11 is 0. The number of ketones is 1. The third kappa shape index (κ3) is 3.52. The van der Waals surface area contributed by atoms with Crippen LogP contribution < -0.4 is 0 Å². The maximum atomic E-state index is 12.0. The first-order valence-corrected chi connectivity index (χ1v) is 12.6. The fourth-order valence-corrected chi connectivity index (χ4v) is 8.72. The SMILES string of the molecule is CC(C)CCC[C@](C)(O)[C@H]1[C@@H](O)C[C@H]2[C@@H]3CCC4=CC(=O)CC[C@]4(C)[C@@H]3CC[C@@]21C. The second-order valence-corrected chi connectivity index (χ2v) is 12.4. The van der Waals surface area contributed by atoms with Gasteiger partial charge in [-0.1, -0.05) is 46.1 Å². The molecule has 0 saturated heterocycles. The quantitative estimate of drug-likeness (QED) is 0.606. The van der Waals surface area contributed by atoms with Gasteiger partial charge in [-0.3, -0.25) is 4.79 Å². The van der Waals surface area contributed by atoms with E-state index in [1.165, 1.54) is 12.0 Å². The molecule has 0 aromatic heterocycles. The van der Waals surface area contributed by atoms with Crippen LogP contribution in [0.5, 0.6) is 0 Å². The molecule has 0 amide bonds. The molecule has 8 atom stereocenters. The topological polar surface area (TPSA) is 57.5 Å². The first-order valence-electron chi connectivity index (χ1n) is 12.6. The summed E-state index contributed by atoms with van der Waals surface area (Å²) in [5.41, 5.74) is 0.788. The van der Waals surface area contributed by atoms with E-state index in [4.69, 9.17) is 0 Å². The first kappa shape index (κ1) is 22.5. The zero-order valence-electron chi connectivity index (χ0n) is 19.9. The molecular formula is C27H44O3. The van der Waals surface area contributed by atoms with Gasteiger partial charge in [-0.2, -0.15) is 0 Å². The molecule has 3 fully saturated rings. The summed E-state index contributed by atoms with van der Waals surface area (Å²) in [4.78, 5) is 12.0. The van der Waals surface area contributed by atoms with Gasteiger partial charge in [0.25, 0.3) is 0 Å². The molecule has 0 heterocycles. The van der Waals surface area contributed by atoms with Crippen molar-refractivity contribution in [2.75, 3.05) is 0 Å². The van der Waals surface area contributed by atoms with Gasteiger partial charge in [0, 0.05) is 12.3 Å². The molecule has 4 aliphatic rings. The van der Waals surface area contributed by atoms with E-state index in [0.717, 1.165) is 51.4 Å². The van der Waals surface area contributed by atoms with Gasteiger partial charge in [-0.25, -0.2) is 0 Å². The summed E-state index contributed by atoms with van der Waals surface area (Å²) in [5, 5.41) is 22.8. The minimum Gasteiger partial charge on any atom is -0.393 e. The lowest BCUT2D eigenvalue weighted by atomic mass is 9.46. The van der Waals surface area contributed by atoms with Crippen LogP contribution in [-0.4, -0.2) is 27.7 Å². The summed E-state index contributed by atoms with van der Waals surface area (Å²) < 4.78 is 0. The molecular weight excluding hydrogens is 372 g/mol. The molecule has 0 unspecified atom stereocenters. The van der Waals surface area contributed by atoms with Crippen LogP contribution in [0, 0.1) is 40.4 Å². The molecule has 30 heavy (non-hydrogen) atoms. The molecule has 0 spiro atoms. The van der Waals surface area contributed by atoms with Crippen molar-refractivity contribution in [3.05, 3.63) is 11.6 Å². The van der Waals surface area contributed by atoms with Gasteiger partial charge in [0.1, 0.15) is 0 Å². The average Bonchev–Trinajstić information content (AvgIpc) is 2.92. The highest BCUT2D eigenvalue weighted by Crippen LogP contribution is 2.68. The summed E-state index contributed by atoms with van der Waals surface area (Å²) in [6.45, 7) is 11.3. The largest absolute Gasteiger partial charge is 0.393 e. The normalized spacial score (nSPS) is 45.4. The number of fused-ring (bicyclic) bond motifs is 5. The van der Waals surface area contributed by atoms with Gasteiger partial charge in [-0.05, 0) is 92.4 Å². The summed E-state index contributed by atoms with van der Waals surface area (Å²) in [6, 6.07) is 0. The molecule has 0 aromatic rings. The molecule has 170 valence electrons. The van der Waals surface area contributed by atoms with E-state index in [2.05, 4.69) is 27.7 Å². The number of hydrogen-bond acceptors (Lipinski definition) is 3. The Hall–Kier alpha value is -0.670. The Labute approximate surface area is 183 Å². The molecule has 0 aromatic carbocycles. The molecule has 3 saturated carbocycles. The third-order valence-electron chi connectivity index (χ3n) is 10.1. The van der Waals surface area contributed by atoms with Crippen LogP contribution in [0.1, 0.15) is 98.8 Å². The third-order valence-corrected chi connectivity index (χ3v) is 10.1. The van der Waals surface area contributed by atoms with Gasteiger partial charge in [0.05, 0.1) is 11.7 Å². The van der Waals surface area contributed by atoms with Gasteiger partial charge < -0.3 is 10.2 Å². The Bertz CT molecular complexity index is 707. The Kier molecular flexibility index (Phi) is 5.80. The van der Waals surface area contributed by atoms with E-state index in [-0.39, 0.29) is 16.7 Å². The highest BCUT2D eigenvalue weighted by molar-refractivity contribution is 5.91. The minimum atomic E-state index is -0.800. The van der Waals surface area contributed by atoms with E-state index in [0.29, 0.717) is 35.9 Å². The van der Waals surface area contributed by atoms with Crippen molar-refractivity contribution in [1.29, 1.82) is 0 Å². The van der Waals surface area contributed by atoms with Gasteiger partial charge in [-0.15, -0.1) is 0 Å². The number of carbonyl (C=O) groups excluding carboxylic acids is 1. The van der Waals surface area contributed by atoms with E-state index in [1.807, 2.05) is 13.0 Å². The van der Waals surface area contributed by atoms with Crippen LogP contribution in [0.15, 0.2) is 11.6 Å². The smallest absolute Gasteiger partial charge is 0.155 e. The van der Waals surface area contributed by atoms with Crippen LogP contribution in [0.3, 0.4) is 0 Å². The Balaban J connectivity index is 1.57. The number of carbonyl (C=O) groups is 1. The van der Waals surface area contributed by atoms with Crippen molar-refractivity contribution >= 4 is 5.78 Å². The maximum Gasteiger partial charge on any atom is 0.155 e. The minimum absolute atomic E-state index is 0.0178. The predicted octanol–water partition coefficient (Wildman–Crippen LogP) is 5.68. The van der Waals surface area contributed by atoms with E-state index >= 15 is 0 Å². The van der Waals surface area contributed by atoms with Gasteiger partial charge >= 0.3 is 0 Å². The zero-order chi connectivity index (χ0) is 21.9. The number of allylic oxidation sites excluding steroid dienone is 1. The van der Waals surface area contributed by atoms with Crippen LogP contribution in [-0.2, 0) is 4.79 Å². The van der Waals surface area contributed by atoms with Crippen LogP contribution in [0.25, 0.3) is 0 Å². The van der Waals surface area contributed by atoms with Crippen molar-refractivity contribution in [3.63, 3.8) is 0 Å². The fraction of sp³-hybridized carbons (Fsp3) is 0.889. The van der Waals surface area contributed by atoms with E-state index in [1.54, 1.807) is 0 Å². The Morgan fingerprint density at radius 2 is 1.90 bits per heavy atom. The van der Waals surface area contributed by atoms with E-state index < -0.39 is 11.7 Å². The highest BCUT2D eigenvalue weighted by Gasteiger charge is 2.64. The molecule has 0 bridgehead atoms. The lowest BCUT2D eigenvalue weighted by Crippen LogP contribution is -2.54. The lowest BCUT2D eigenvalue weighted by Gasteiger charge is -2.59. The Morgan fingerprint density at radius 3 is 2.60 bits per heavy atom. The highest BCUT2D eigenvalue weighted by atomic mass is 16.3. The summed E-state index contributed by atoms with van der Waals surface area (Å²) in [6.07, 6.45) is 11.5. The number of rotatable bonds is 5. The molecule has 2 N–H and O–H groups in total.